The number of fused-ring (bicyclic) bond motifs is 2. The summed E-state index contributed by atoms with van der Waals surface area (Å²) in [6.45, 7) is 0. The second-order valence-corrected chi connectivity index (χ2v) is 7.78. The van der Waals surface area contributed by atoms with Crippen molar-refractivity contribution in [2.45, 2.75) is 38.1 Å². The molecule has 0 saturated heterocycles. The van der Waals surface area contributed by atoms with Crippen LogP contribution in [-0.4, -0.2) is 17.4 Å². The molecule has 3 aromatic rings. The highest BCUT2D eigenvalue weighted by Crippen LogP contribution is 2.35. The second kappa shape index (κ2) is 8.24. The van der Waals surface area contributed by atoms with Crippen molar-refractivity contribution in [2.24, 2.45) is 5.10 Å². The Hall–Kier alpha value is -2.17. The lowest BCUT2D eigenvalue weighted by atomic mass is 9.96. The number of hydrazone groups is 1. The van der Waals surface area contributed by atoms with E-state index in [1.54, 1.807) is 0 Å². The molecule has 3 nitrogen and oxygen atoms in total. The van der Waals surface area contributed by atoms with E-state index in [0.717, 1.165) is 32.1 Å². The molecule has 2 N–H and O–H groups in total. The van der Waals surface area contributed by atoms with Gasteiger partial charge in [0, 0.05) is 22.4 Å². The van der Waals surface area contributed by atoms with Crippen molar-refractivity contribution in [2.75, 3.05) is 0 Å². The zero-order chi connectivity index (χ0) is 18.6. The summed E-state index contributed by atoms with van der Waals surface area (Å²) >= 11 is 12.1. The number of nitrogens with one attached hydrogen (secondary N) is 2. The molecule has 138 valence electrons. The maximum Gasteiger partial charge on any atom is 0.187 e. The molecule has 1 aliphatic rings. The van der Waals surface area contributed by atoms with E-state index in [4.69, 9.17) is 23.8 Å². The Kier molecular flexibility index (Phi) is 5.55. The quantitative estimate of drug-likeness (QED) is 0.255. The molecule has 0 unspecified atom stereocenters. The summed E-state index contributed by atoms with van der Waals surface area (Å²) in [4.78, 5) is 0. The second-order valence-electron chi connectivity index (χ2n) is 7.00. The van der Waals surface area contributed by atoms with E-state index < -0.39 is 0 Å². The van der Waals surface area contributed by atoms with Crippen LogP contribution in [0.25, 0.3) is 21.5 Å². The van der Waals surface area contributed by atoms with Gasteiger partial charge in [0.25, 0.3) is 0 Å². The Bertz CT molecular complexity index is 952. The zero-order valence-electron chi connectivity index (χ0n) is 15.0. The third-order valence-electron chi connectivity index (χ3n) is 5.21. The molecule has 1 aliphatic carbocycles. The molecule has 3 aromatic carbocycles. The zero-order valence-corrected chi connectivity index (χ0v) is 16.6. The SMILES string of the molecule is S=C(N/N=C\c1c2ccccc2c(Cl)c2ccccc12)NC1CCCCC1. The minimum Gasteiger partial charge on any atom is -0.359 e. The summed E-state index contributed by atoms with van der Waals surface area (Å²) < 4.78 is 0. The molecule has 5 heteroatoms. The molecule has 0 heterocycles. The molecule has 0 aliphatic heterocycles. The smallest absolute Gasteiger partial charge is 0.187 e. The standard InChI is InChI=1S/C22H22ClN3S/c23-21-18-12-6-4-10-16(18)20(17-11-5-7-13-19(17)21)14-24-26-22(27)25-15-8-2-1-3-9-15/h4-7,10-15H,1-3,8-9H2,(H2,25,26,27)/b24-14-. The predicted octanol–water partition coefficient (Wildman–Crippen LogP) is 5.78. The van der Waals surface area contributed by atoms with E-state index in [1.807, 2.05) is 42.6 Å². The van der Waals surface area contributed by atoms with Gasteiger partial charge in [-0.15, -0.1) is 0 Å². The molecular formula is C22H22ClN3S. The molecule has 0 aromatic heterocycles. The number of hydrogen-bond donors (Lipinski definition) is 2. The van der Waals surface area contributed by atoms with Crippen LogP contribution in [0.4, 0.5) is 0 Å². The van der Waals surface area contributed by atoms with Crippen molar-refractivity contribution in [1.82, 2.24) is 10.7 Å². The number of benzene rings is 3. The Morgan fingerprint density at radius 2 is 1.48 bits per heavy atom. The predicted molar refractivity (Wildman–Crippen MR) is 120 cm³/mol. The lowest BCUT2D eigenvalue weighted by Gasteiger charge is -2.23. The highest BCUT2D eigenvalue weighted by Gasteiger charge is 2.14. The molecule has 0 radical (unpaired) electrons. The average Bonchev–Trinajstić information content (AvgIpc) is 2.71. The molecular weight excluding hydrogens is 374 g/mol. The van der Waals surface area contributed by atoms with Gasteiger partial charge in [-0.25, -0.2) is 0 Å². The van der Waals surface area contributed by atoms with Gasteiger partial charge in [0.2, 0.25) is 0 Å². The van der Waals surface area contributed by atoms with Crippen molar-refractivity contribution < 1.29 is 0 Å². The van der Waals surface area contributed by atoms with Gasteiger partial charge in [0.1, 0.15) is 0 Å². The molecule has 4 rings (SSSR count). The first-order valence-corrected chi connectivity index (χ1v) is 10.2. The fourth-order valence-electron chi connectivity index (χ4n) is 3.87. The van der Waals surface area contributed by atoms with Crippen molar-refractivity contribution in [3.05, 3.63) is 59.1 Å². The lowest BCUT2D eigenvalue weighted by Crippen LogP contribution is -2.40. The summed E-state index contributed by atoms with van der Waals surface area (Å²) in [7, 11) is 0. The maximum absolute atomic E-state index is 6.65. The Morgan fingerprint density at radius 3 is 2.07 bits per heavy atom. The van der Waals surface area contributed by atoms with Crippen molar-refractivity contribution >= 4 is 56.7 Å². The Morgan fingerprint density at radius 1 is 0.926 bits per heavy atom. The first-order chi connectivity index (χ1) is 13.2. The van der Waals surface area contributed by atoms with Crippen LogP contribution in [0.15, 0.2) is 53.6 Å². The third-order valence-corrected chi connectivity index (χ3v) is 5.82. The van der Waals surface area contributed by atoms with Crippen LogP contribution >= 0.6 is 23.8 Å². The van der Waals surface area contributed by atoms with Gasteiger partial charge >= 0.3 is 0 Å². The third kappa shape index (κ3) is 3.92. The van der Waals surface area contributed by atoms with Crippen LogP contribution in [0.2, 0.25) is 5.02 Å². The minimum atomic E-state index is 0.464. The molecule has 1 fully saturated rings. The molecule has 0 amide bonds. The van der Waals surface area contributed by atoms with Gasteiger partial charge in [-0.3, -0.25) is 5.43 Å². The number of hydrogen-bond acceptors (Lipinski definition) is 2. The largest absolute Gasteiger partial charge is 0.359 e. The summed E-state index contributed by atoms with van der Waals surface area (Å²) in [5.74, 6) is 0. The highest BCUT2D eigenvalue weighted by molar-refractivity contribution is 7.80. The fraction of sp³-hybridized carbons (Fsp3) is 0.273. The number of rotatable bonds is 3. The topological polar surface area (TPSA) is 36.4 Å². The fourth-order valence-corrected chi connectivity index (χ4v) is 4.42. The molecule has 0 spiro atoms. The van der Waals surface area contributed by atoms with Gasteiger partial charge in [-0.2, -0.15) is 5.10 Å². The first-order valence-electron chi connectivity index (χ1n) is 9.42. The van der Waals surface area contributed by atoms with Crippen molar-refractivity contribution in [3.8, 4) is 0 Å². The van der Waals surface area contributed by atoms with Crippen LogP contribution in [-0.2, 0) is 0 Å². The number of nitrogens with zero attached hydrogens (tertiary/aromatic N) is 1. The van der Waals surface area contributed by atoms with Gasteiger partial charge in [-0.1, -0.05) is 79.4 Å². The van der Waals surface area contributed by atoms with Crippen LogP contribution in [0.5, 0.6) is 0 Å². The van der Waals surface area contributed by atoms with Gasteiger partial charge in [0.05, 0.1) is 11.2 Å². The van der Waals surface area contributed by atoms with E-state index >= 15 is 0 Å². The van der Waals surface area contributed by atoms with Crippen LogP contribution in [0.3, 0.4) is 0 Å². The Labute approximate surface area is 169 Å². The van der Waals surface area contributed by atoms with Crippen molar-refractivity contribution in [3.63, 3.8) is 0 Å². The molecule has 0 atom stereocenters. The number of halogens is 1. The van der Waals surface area contributed by atoms with E-state index in [1.165, 1.54) is 32.1 Å². The first kappa shape index (κ1) is 18.2. The maximum atomic E-state index is 6.65. The lowest BCUT2D eigenvalue weighted by molar-refractivity contribution is 0.412. The van der Waals surface area contributed by atoms with Crippen molar-refractivity contribution in [1.29, 1.82) is 0 Å². The van der Waals surface area contributed by atoms with Crippen LogP contribution < -0.4 is 10.7 Å². The van der Waals surface area contributed by atoms with Gasteiger partial charge in [0.15, 0.2) is 5.11 Å². The van der Waals surface area contributed by atoms with Crippen LogP contribution in [0.1, 0.15) is 37.7 Å². The summed E-state index contributed by atoms with van der Waals surface area (Å²) in [6.07, 6.45) is 8.07. The van der Waals surface area contributed by atoms with E-state index in [0.29, 0.717) is 11.2 Å². The Balaban J connectivity index is 1.61. The van der Waals surface area contributed by atoms with E-state index in [-0.39, 0.29) is 0 Å². The monoisotopic (exact) mass is 395 g/mol. The normalized spacial score (nSPS) is 15.4. The highest BCUT2D eigenvalue weighted by atomic mass is 35.5. The minimum absolute atomic E-state index is 0.464. The molecule has 0 bridgehead atoms. The molecule has 27 heavy (non-hydrogen) atoms. The van der Waals surface area contributed by atoms with E-state index in [9.17, 15) is 0 Å². The van der Waals surface area contributed by atoms with Crippen LogP contribution in [0, 0.1) is 0 Å². The van der Waals surface area contributed by atoms with Gasteiger partial charge < -0.3 is 5.32 Å². The molecule has 1 saturated carbocycles. The number of thiocarbonyl (C=S) groups is 1. The summed E-state index contributed by atoms with van der Waals surface area (Å²) in [5, 5.41) is 13.4. The van der Waals surface area contributed by atoms with Gasteiger partial charge in [-0.05, 0) is 35.8 Å². The summed E-state index contributed by atoms with van der Waals surface area (Å²) in [5.41, 5.74) is 4.02. The van der Waals surface area contributed by atoms with E-state index in [2.05, 4.69) is 28.0 Å². The summed E-state index contributed by atoms with van der Waals surface area (Å²) in [6, 6.07) is 16.8. The average molecular weight is 396 g/mol.